The quantitative estimate of drug-likeness (QED) is 0.180. The summed E-state index contributed by atoms with van der Waals surface area (Å²) in [5.41, 5.74) is 0.216. The van der Waals surface area contributed by atoms with Gasteiger partial charge in [0.15, 0.2) is 11.6 Å². The molecule has 240 valence electrons. The molecule has 14 heteroatoms. The Morgan fingerprint density at radius 1 is 0.935 bits per heavy atom. The monoisotopic (exact) mass is 651 g/mol. The van der Waals surface area contributed by atoms with Gasteiger partial charge in [0.2, 0.25) is 5.88 Å². The molecule has 0 atom stereocenters. The molecule has 0 aliphatic heterocycles. The molecule has 1 N–H and O–H groups in total. The number of thiophene rings is 1. The summed E-state index contributed by atoms with van der Waals surface area (Å²) in [6.45, 7) is 0.592. The number of hydrogen-bond donors (Lipinski definition) is 1. The molecule has 5 aromatic rings. The van der Waals surface area contributed by atoms with E-state index >= 15 is 0 Å². The molecule has 0 unspecified atom stereocenters. The minimum atomic E-state index is -0.849. The number of aromatic nitrogens is 4. The molecule has 0 radical (unpaired) electrons. The summed E-state index contributed by atoms with van der Waals surface area (Å²) >= 11 is 1.16. The lowest BCUT2D eigenvalue weighted by molar-refractivity contribution is -0.121. The Morgan fingerprint density at radius 3 is 2.30 bits per heavy atom. The number of fused-ring (bicyclic) bond motifs is 1. The number of methoxy groups -OCH3 is 3. The van der Waals surface area contributed by atoms with E-state index in [-0.39, 0.29) is 52.8 Å². The predicted molar refractivity (Wildman–Crippen MR) is 169 cm³/mol. The normalized spacial score (nSPS) is 11.3. The third-order valence-electron chi connectivity index (χ3n) is 7.22. The van der Waals surface area contributed by atoms with Crippen LogP contribution in [0.2, 0.25) is 0 Å². The molecule has 0 aliphatic carbocycles. The first kappa shape index (κ1) is 32.8. The van der Waals surface area contributed by atoms with Crippen LogP contribution in [0.4, 0.5) is 8.78 Å². The Balaban J connectivity index is 1.76. The summed E-state index contributed by atoms with van der Waals surface area (Å²) in [6.07, 6.45) is 0.188. The van der Waals surface area contributed by atoms with Crippen LogP contribution in [-0.2, 0) is 33.8 Å². The third-order valence-corrected chi connectivity index (χ3v) is 8.53. The molecule has 0 saturated heterocycles. The van der Waals surface area contributed by atoms with E-state index in [1.807, 2.05) is 24.3 Å². The summed E-state index contributed by atoms with van der Waals surface area (Å²) in [5, 5.41) is 11.4. The van der Waals surface area contributed by atoms with Gasteiger partial charge in [-0.15, -0.1) is 21.5 Å². The first-order valence-corrected chi connectivity index (χ1v) is 15.0. The lowest BCUT2D eigenvalue weighted by atomic mass is 10.0. The molecule has 2 aromatic carbocycles. The molecule has 3 heterocycles. The number of rotatable bonds is 14. The van der Waals surface area contributed by atoms with Crippen LogP contribution in [0.5, 0.6) is 5.88 Å². The van der Waals surface area contributed by atoms with Gasteiger partial charge in [0.25, 0.3) is 5.56 Å². The van der Waals surface area contributed by atoms with Gasteiger partial charge in [-0.25, -0.2) is 18.1 Å². The van der Waals surface area contributed by atoms with E-state index in [0.29, 0.717) is 23.6 Å². The van der Waals surface area contributed by atoms with Crippen LogP contribution in [0.25, 0.3) is 26.5 Å². The summed E-state index contributed by atoms with van der Waals surface area (Å²) < 4.78 is 47.0. The number of ether oxygens (including phenoxy) is 3. The number of hydrogen-bond acceptors (Lipinski definition) is 10. The van der Waals surface area contributed by atoms with Crippen LogP contribution < -0.4 is 21.3 Å². The number of ketones is 1. The molecule has 0 aliphatic rings. The number of nitrogens with zero attached hydrogens (tertiary/aromatic N) is 4. The fourth-order valence-corrected chi connectivity index (χ4v) is 6.31. The largest absolute Gasteiger partial charge is 0.480 e. The second-order valence-electron chi connectivity index (χ2n) is 10.2. The highest BCUT2D eigenvalue weighted by atomic mass is 32.1. The van der Waals surface area contributed by atoms with Crippen molar-refractivity contribution < 1.29 is 27.8 Å². The lowest BCUT2D eigenvalue weighted by Crippen LogP contribution is -2.40. The zero-order chi connectivity index (χ0) is 32.8. The van der Waals surface area contributed by atoms with E-state index in [1.165, 1.54) is 37.0 Å². The molecule has 46 heavy (non-hydrogen) atoms. The van der Waals surface area contributed by atoms with Gasteiger partial charge in [-0.3, -0.25) is 14.2 Å². The zero-order valence-corrected chi connectivity index (χ0v) is 26.2. The number of nitrogens with one attached hydrogen (secondary N) is 1. The highest BCUT2D eigenvalue weighted by Gasteiger charge is 2.25. The molecule has 11 nitrogen and oxygen atoms in total. The van der Waals surface area contributed by atoms with Crippen LogP contribution in [0, 0.1) is 11.6 Å². The van der Waals surface area contributed by atoms with E-state index in [0.717, 1.165) is 39.2 Å². The van der Waals surface area contributed by atoms with Gasteiger partial charge < -0.3 is 19.5 Å². The molecular weight excluding hydrogens is 620 g/mol. The van der Waals surface area contributed by atoms with Crippen molar-refractivity contribution in [3.05, 3.63) is 104 Å². The average Bonchev–Trinajstić information content (AvgIpc) is 3.43. The SMILES string of the molecule is COCCNCc1c(-c2ccc(CC(=O)COC)cc2)sc2c1c(=O)n(-c1ccc(OC)nn1)c(=O)n2Cc1c(F)cccc1F. The maximum Gasteiger partial charge on any atom is 0.338 e. The maximum absolute atomic E-state index is 14.9. The van der Waals surface area contributed by atoms with Crippen LogP contribution in [0.3, 0.4) is 0 Å². The number of carbonyl (C=O) groups is 1. The van der Waals surface area contributed by atoms with Crippen LogP contribution in [0.15, 0.2) is 64.2 Å². The first-order chi connectivity index (χ1) is 22.3. The Hall–Kier alpha value is -4.63. The van der Waals surface area contributed by atoms with E-state index < -0.39 is 29.4 Å². The highest BCUT2D eigenvalue weighted by molar-refractivity contribution is 7.22. The average molecular weight is 652 g/mol. The van der Waals surface area contributed by atoms with Gasteiger partial charge >= 0.3 is 5.69 Å². The van der Waals surface area contributed by atoms with E-state index in [2.05, 4.69) is 15.5 Å². The fourth-order valence-electron chi connectivity index (χ4n) is 5.00. The molecule has 3 aromatic heterocycles. The second-order valence-corrected chi connectivity index (χ2v) is 11.2. The minimum absolute atomic E-state index is 0.000336. The van der Waals surface area contributed by atoms with Crippen molar-refractivity contribution in [2.24, 2.45) is 0 Å². The summed E-state index contributed by atoms with van der Waals surface area (Å²) in [5.74, 6) is -1.67. The smallest absolute Gasteiger partial charge is 0.338 e. The van der Waals surface area contributed by atoms with Crippen molar-refractivity contribution in [1.29, 1.82) is 0 Å². The Labute approximate surface area is 266 Å². The van der Waals surface area contributed by atoms with Crippen molar-refractivity contribution in [3.8, 4) is 22.1 Å². The van der Waals surface area contributed by atoms with Gasteiger partial charge in [-0.2, -0.15) is 0 Å². The lowest BCUT2D eigenvalue weighted by Gasteiger charge is -2.13. The van der Waals surface area contributed by atoms with E-state index in [9.17, 15) is 23.2 Å². The van der Waals surface area contributed by atoms with Gasteiger partial charge in [-0.05, 0) is 34.9 Å². The van der Waals surface area contributed by atoms with Crippen molar-refractivity contribution in [2.75, 3.05) is 41.1 Å². The molecular formula is C32H31F2N5O6S. The van der Waals surface area contributed by atoms with Crippen LogP contribution >= 0.6 is 11.3 Å². The number of benzene rings is 2. The number of carbonyl (C=O) groups excluding carboxylic acids is 1. The molecule has 0 saturated carbocycles. The molecule has 0 amide bonds. The van der Waals surface area contributed by atoms with Crippen molar-refractivity contribution in [1.82, 2.24) is 24.6 Å². The van der Waals surface area contributed by atoms with E-state index in [1.54, 1.807) is 7.11 Å². The molecule has 5 rings (SSSR count). The minimum Gasteiger partial charge on any atom is -0.480 e. The molecule has 0 bridgehead atoms. The second kappa shape index (κ2) is 14.6. The number of Topliss-reactive ketones (excluding diaryl/α,β-unsaturated/α-hetero) is 1. The molecule has 0 fully saturated rings. The Kier molecular flexibility index (Phi) is 10.4. The fraction of sp³-hybridized carbons (Fsp3) is 0.281. The van der Waals surface area contributed by atoms with Gasteiger partial charge in [0.1, 0.15) is 23.1 Å². The van der Waals surface area contributed by atoms with Gasteiger partial charge in [0, 0.05) is 50.2 Å². The first-order valence-electron chi connectivity index (χ1n) is 14.2. The Morgan fingerprint density at radius 2 is 1.67 bits per heavy atom. The van der Waals surface area contributed by atoms with Crippen molar-refractivity contribution in [2.45, 2.75) is 19.5 Å². The van der Waals surface area contributed by atoms with Crippen LogP contribution in [0.1, 0.15) is 16.7 Å². The van der Waals surface area contributed by atoms with Gasteiger partial charge in [-0.1, -0.05) is 30.3 Å². The zero-order valence-electron chi connectivity index (χ0n) is 25.3. The Bertz CT molecular complexity index is 1950. The number of halogens is 2. The van der Waals surface area contributed by atoms with Gasteiger partial charge in [0.05, 0.1) is 25.6 Å². The summed E-state index contributed by atoms with van der Waals surface area (Å²) in [7, 11) is 4.43. The molecule has 0 spiro atoms. The highest BCUT2D eigenvalue weighted by Crippen LogP contribution is 2.37. The summed E-state index contributed by atoms with van der Waals surface area (Å²) in [6, 6.07) is 13.6. The maximum atomic E-state index is 14.9. The van der Waals surface area contributed by atoms with Crippen molar-refractivity contribution in [3.63, 3.8) is 0 Å². The predicted octanol–water partition coefficient (Wildman–Crippen LogP) is 3.50. The topological polar surface area (TPSA) is 127 Å². The van der Waals surface area contributed by atoms with Crippen LogP contribution in [-0.4, -0.2) is 66.2 Å². The summed E-state index contributed by atoms with van der Waals surface area (Å²) in [4.78, 5) is 41.3. The third kappa shape index (κ3) is 6.79. The van der Waals surface area contributed by atoms with E-state index in [4.69, 9.17) is 14.2 Å². The standard InChI is InChI=1S/C32H31F2N5O6S/c1-43-14-13-35-16-22-28-30(41)39(26-11-12-27(45-3)37-36-26)32(42)38(17-23-24(33)5-4-6-25(23)34)31(28)46-29(22)20-9-7-19(8-10-20)15-21(40)18-44-2/h4-12,35H,13-18H2,1-3H3. The van der Waals surface area contributed by atoms with Crippen molar-refractivity contribution >= 4 is 27.3 Å².